The first-order chi connectivity index (χ1) is 9.79. The molecule has 114 valence electrons. The molecular weight excluding hydrogens is 279 g/mol. The number of alkyl halides is 3. The van der Waals surface area contributed by atoms with Crippen molar-refractivity contribution in [2.75, 3.05) is 0 Å². The second-order valence-corrected chi connectivity index (χ2v) is 5.63. The Morgan fingerprint density at radius 2 is 1.81 bits per heavy atom. The average molecular weight is 297 g/mol. The monoisotopic (exact) mass is 297 g/mol. The molecule has 1 heterocycles. The van der Waals surface area contributed by atoms with Gasteiger partial charge in [0.1, 0.15) is 0 Å². The second kappa shape index (κ2) is 5.92. The van der Waals surface area contributed by atoms with Crippen molar-refractivity contribution in [2.45, 2.75) is 39.4 Å². The predicted molar refractivity (Wildman–Crippen MR) is 77.3 cm³/mol. The highest BCUT2D eigenvalue weighted by atomic mass is 19.4. The zero-order valence-electron chi connectivity index (χ0n) is 12.1. The third-order valence-electron chi connectivity index (χ3n) is 3.48. The molecule has 0 bridgehead atoms. The van der Waals surface area contributed by atoms with Crippen LogP contribution in [0.5, 0.6) is 0 Å². The van der Waals surface area contributed by atoms with Gasteiger partial charge in [0.15, 0.2) is 0 Å². The van der Waals surface area contributed by atoms with E-state index in [1.807, 2.05) is 0 Å². The maximum atomic E-state index is 12.8. The lowest BCUT2D eigenvalue weighted by atomic mass is 10.1. The number of rotatable bonds is 4. The van der Waals surface area contributed by atoms with Crippen molar-refractivity contribution >= 4 is 10.9 Å². The summed E-state index contributed by atoms with van der Waals surface area (Å²) in [6.45, 7) is 4.59. The second-order valence-electron chi connectivity index (χ2n) is 5.63. The first-order valence-corrected chi connectivity index (χ1v) is 7.00. The highest BCUT2D eigenvalue weighted by molar-refractivity contribution is 5.79. The van der Waals surface area contributed by atoms with Crippen molar-refractivity contribution in [3.05, 3.63) is 46.2 Å². The fourth-order valence-electron chi connectivity index (χ4n) is 2.35. The normalized spacial score (nSPS) is 12.3. The van der Waals surface area contributed by atoms with Gasteiger partial charge in [-0.15, -0.1) is 0 Å². The third-order valence-corrected chi connectivity index (χ3v) is 3.48. The lowest BCUT2D eigenvalue weighted by Gasteiger charge is -2.13. The summed E-state index contributed by atoms with van der Waals surface area (Å²) in [5.41, 5.74) is -0.634. The molecule has 2 rings (SSSR count). The predicted octanol–water partition coefficient (Wildman–Crippen LogP) is 4.46. The molecule has 0 saturated carbocycles. The molecule has 2 nitrogen and oxygen atoms in total. The van der Waals surface area contributed by atoms with Crippen LogP contribution in [0.25, 0.3) is 10.9 Å². The Balaban J connectivity index is 2.46. The van der Waals surface area contributed by atoms with Crippen molar-refractivity contribution in [1.82, 2.24) is 4.57 Å². The van der Waals surface area contributed by atoms with Gasteiger partial charge in [-0.05, 0) is 42.3 Å². The summed E-state index contributed by atoms with van der Waals surface area (Å²) in [4.78, 5) is 12.0. The molecule has 0 saturated heterocycles. The van der Waals surface area contributed by atoms with Crippen molar-refractivity contribution in [1.29, 1.82) is 0 Å². The van der Waals surface area contributed by atoms with Gasteiger partial charge in [0.05, 0.1) is 11.1 Å². The van der Waals surface area contributed by atoms with Crippen molar-refractivity contribution < 1.29 is 13.2 Å². The van der Waals surface area contributed by atoms with E-state index in [1.165, 1.54) is 16.7 Å². The Kier molecular flexibility index (Phi) is 4.40. The molecule has 0 N–H and O–H groups in total. The highest BCUT2D eigenvalue weighted by Gasteiger charge is 2.30. The number of aromatic nitrogens is 1. The summed E-state index contributed by atoms with van der Waals surface area (Å²) >= 11 is 0. The van der Waals surface area contributed by atoms with Gasteiger partial charge in [0.2, 0.25) is 0 Å². The summed E-state index contributed by atoms with van der Waals surface area (Å²) in [5, 5.41) is 0.646. The molecule has 0 atom stereocenters. The lowest BCUT2D eigenvalue weighted by molar-refractivity contribution is -0.137. The summed E-state index contributed by atoms with van der Waals surface area (Å²) in [7, 11) is 0. The molecular formula is C16H18F3NO. The van der Waals surface area contributed by atoms with E-state index in [4.69, 9.17) is 0 Å². The molecule has 21 heavy (non-hydrogen) atoms. The van der Waals surface area contributed by atoms with E-state index in [1.54, 1.807) is 6.07 Å². The summed E-state index contributed by atoms with van der Waals surface area (Å²) in [6, 6.07) is 6.50. The average Bonchev–Trinajstić information content (AvgIpc) is 2.39. The minimum absolute atomic E-state index is 0.259. The molecule has 0 fully saturated rings. The molecule has 0 amide bonds. The third kappa shape index (κ3) is 3.65. The molecule has 0 radical (unpaired) electrons. The Hall–Kier alpha value is -1.78. The van der Waals surface area contributed by atoms with E-state index >= 15 is 0 Å². The van der Waals surface area contributed by atoms with Gasteiger partial charge < -0.3 is 4.57 Å². The van der Waals surface area contributed by atoms with Gasteiger partial charge in [-0.3, -0.25) is 4.79 Å². The minimum atomic E-state index is -4.40. The first-order valence-electron chi connectivity index (χ1n) is 7.00. The summed E-state index contributed by atoms with van der Waals surface area (Å²) in [6.07, 6.45) is -2.70. The zero-order chi connectivity index (χ0) is 15.6. The van der Waals surface area contributed by atoms with Crippen LogP contribution in [0.15, 0.2) is 35.1 Å². The van der Waals surface area contributed by atoms with Gasteiger partial charge in [-0.2, -0.15) is 13.2 Å². The number of aryl methyl sites for hydroxylation is 1. The van der Waals surface area contributed by atoms with Gasteiger partial charge in [-0.1, -0.05) is 19.9 Å². The summed E-state index contributed by atoms with van der Waals surface area (Å²) in [5.74, 6) is 0.501. The topological polar surface area (TPSA) is 22.0 Å². The minimum Gasteiger partial charge on any atom is -0.308 e. The van der Waals surface area contributed by atoms with E-state index in [-0.39, 0.29) is 5.56 Å². The zero-order valence-corrected chi connectivity index (χ0v) is 12.1. The van der Waals surface area contributed by atoms with E-state index in [0.717, 1.165) is 25.0 Å². The molecule has 1 aromatic heterocycles. The number of hydrogen-bond acceptors (Lipinski definition) is 1. The first kappa shape index (κ1) is 15.6. The molecule has 0 aliphatic carbocycles. The van der Waals surface area contributed by atoms with Gasteiger partial charge in [-0.25, -0.2) is 0 Å². The van der Waals surface area contributed by atoms with Crippen LogP contribution in [-0.4, -0.2) is 4.57 Å². The molecule has 5 heteroatoms. The largest absolute Gasteiger partial charge is 0.416 e. The van der Waals surface area contributed by atoms with Crippen molar-refractivity contribution in [3.63, 3.8) is 0 Å². The Morgan fingerprint density at radius 3 is 2.43 bits per heavy atom. The van der Waals surface area contributed by atoms with Crippen LogP contribution in [0.3, 0.4) is 0 Å². The van der Waals surface area contributed by atoms with Crippen LogP contribution >= 0.6 is 0 Å². The maximum Gasteiger partial charge on any atom is 0.416 e. The van der Waals surface area contributed by atoms with E-state index in [2.05, 4.69) is 13.8 Å². The quantitative estimate of drug-likeness (QED) is 0.817. The molecule has 0 aliphatic rings. The van der Waals surface area contributed by atoms with E-state index in [0.29, 0.717) is 23.4 Å². The van der Waals surface area contributed by atoms with Crippen LogP contribution in [0.2, 0.25) is 0 Å². The SMILES string of the molecule is CC(C)CCCn1c(=O)ccc2ccc(C(F)(F)F)cc21. The number of pyridine rings is 1. The van der Waals surface area contributed by atoms with Crippen LogP contribution in [-0.2, 0) is 12.7 Å². The molecule has 2 aromatic rings. The van der Waals surface area contributed by atoms with Crippen molar-refractivity contribution in [3.8, 4) is 0 Å². The number of halogens is 3. The smallest absolute Gasteiger partial charge is 0.308 e. The van der Waals surface area contributed by atoms with Crippen LogP contribution in [0, 0.1) is 5.92 Å². The van der Waals surface area contributed by atoms with E-state index < -0.39 is 11.7 Å². The Labute approximate surface area is 121 Å². The Morgan fingerprint density at radius 1 is 1.14 bits per heavy atom. The molecule has 1 aromatic carbocycles. The molecule has 0 aliphatic heterocycles. The number of hydrogen-bond donors (Lipinski definition) is 0. The number of nitrogens with zero attached hydrogens (tertiary/aromatic N) is 1. The standard InChI is InChI=1S/C16H18F3NO/c1-11(2)4-3-9-20-14-10-13(16(17,18)19)7-5-12(14)6-8-15(20)21/h5-8,10-11H,3-4,9H2,1-2H3. The van der Waals surface area contributed by atoms with Crippen LogP contribution in [0.4, 0.5) is 13.2 Å². The number of benzene rings is 1. The van der Waals surface area contributed by atoms with Crippen LogP contribution < -0.4 is 5.56 Å². The maximum absolute atomic E-state index is 12.8. The highest BCUT2D eigenvalue weighted by Crippen LogP contribution is 2.31. The van der Waals surface area contributed by atoms with Gasteiger partial charge >= 0.3 is 6.18 Å². The van der Waals surface area contributed by atoms with Crippen molar-refractivity contribution in [2.24, 2.45) is 5.92 Å². The van der Waals surface area contributed by atoms with Gasteiger partial charge in [0, 0.05) is 12.6 Å². The Bertz CT molecular complexity index is 686. The van der Waals surface area contributed by atoms with Crippen LogP contribution in [0.1, 0.15) is 32.3 Å². The molecule has 0 spiro atoms. The lowest BCUT2D eigenvalue weighted by Crippen LogP contribution is -2.20. The fourth-order valence-corrected chi connectivity index (χ4v) is 2.35. The summed E-state index contributed by atoms with van der Waals surface area (Å²) < 4.78 is 39.9. The fraction of sp³-hybridized carbons (Fsp3) is 0.438. The number of fused-ring (bicyclic) bond motifs is 1. The van der Waals surface area contributed by atoms with Gasteiger partial charge in [0.25, 0.3) is 5.56 Å². The van der Waals surface area contributed by atoms with E-state index in [9.17, 15) is 18.0 Å². The molecule has 0 unspecified atom stereocenters.